The second-order valence-electron chi connectivity index (χ2n) is 8.83. The first-order chi connectivity index (χ1) is 13.9. The van der Waals surface area contributed by atoms with E-state index in [9.17, 15) is 0 Å². The standard InChI is InChI=1S/C28H54/c1-3-5-7-9-11-13-15-17-19-21-23-25-27-28-26-24-22-20-18-16-14-12-10-8-6-4-2/h7,9H,1-6,8,10-28H2. The van der Waals surface area contributed by atoms with E-state index in [-0.39, 0.29) is 0 Å². The summed E-state index contributed by atoms with van der Waals surface area (Å²) in [6, 6.07) is 0. The predicted octanol–water partition coefficient (Wildman–Crippen LogP) is 10.6. The largest absolute Gasteiger partial charge is 0.0885 e. The number of allylic oxidation sites excluding steroid dienone is 2. The van der Waals surface area contributed by atoms with Crippen molar-refractivity contribution in [1.29, 1.82) is 0 Å². The molecule has 0 aliphatic heterocycles. The van der Waals surface area contributed by atoms with Crippen LogP contribution in [0.4, 0.5) is 0 Å². The maximum absolute atomic E-state index is 3.91. The van der Waals surface area contributed by atoms with E-state index in [4.69, 9.17) is 0 Å². The topological polar surface area (TPSA) is 0 Å². The number of rotatable bonds is 24. The lowest BCUT2D eigenvalue weighted by molar-refractivity contribution is 0.521. The zero-order valence-electron chi connectivity index (χ0n) is 19.5. The molecule has 166 valence electrons. The van der Waals surface area contributed by atoms with Gasteiger partial charge in [-0.1, -0.05) is 154 Å². The van der Waals surface area contributed by atoms with Crippen molar-refractivity contribution in [3.8, 4) is 0 Å². The second-order valence-corrected chi connectivity index (χ2v) is 8.83. The van der Waals surface area contributed by atoms with Crippen molar-refractivity contribution in [2.75, 3.05) is 0 Å². The molecule has 0 spiro atoms. The molecule has 0 bridgehead atoms. The van der Waals surface area contributed by atoms with E-state index in [0.29, 0.717) is 0 Å². The Kier molecular flexibility index (Phi) is 26.5. The van der Waals surface area contributed by atoms with Gasteiger partial charge in [0.15, 0.2) is 0 Å². The normalized spacial score (nSPS) is 11.6. The highest BCUT2D eigenvalue weighted by molar-refractivity contribution is 4.81. The molecule has 0 saturated heterocycles. The Morgan fingerprint density at radius 1 is 0.286 bits per heavy atom. The Morgan fingerprint density at radius 3 is 0.893 bits per heavy atom. The van der Waals surface area contributed by atoms with Gasteiger partial charge in [0.05, 0.1) is 0 Å². The van der Waals surface area contributed by atoms with Crippen LogP contribution in [-0.4, -0.2) is 0 Å². The summed E-state index contributed by atoms with van der Waals surface area (Å²) in [7, 11) is 0. The molecular weight excluding hydrogens is 336 g/mol. The van der Waals surface area contributed by atoms with Crippen LogP contribution in [0.25, 0.3) is 0 Å². The Hall–Kier alpha value is -0.260. The van der Waals surface area contributed by atoms with Gasteiger partial charge in [0, 0.05) is 0 Å². The number of hydrogen-bond acceptors (Lipinski definition) is 0. The molecule has 28 heavy (non-hydrogen) atoms. The van der Waals surface area contributed by atoms with Crippen molar-refractivity contribution in [2.45, 2.75) is 154 Å². The number of unbranched alkanes of at least 4 members (excludes halogenated alkanes) is 22. The Morgan fingerprint density at radius 2 is 0.571 bits per heavy atom. The van der Waals surface area contributed by atoms with Gasteiger partial charge in [0.1, 0.15) is 0 Å². The molecule has 0 heteroatoms. The monoisotopic (exact) mass is 390 g/mol. The minimum atomic E-state index is 1.04. The van der Waals surface area contributed by atoms with Gasteiger partial charge in [-0.15, -0.1) is 0 Å². The summed E-state index contributed by atoms with van der Waals surface area (Å²) in [5.74, 6) is 0. The van der Waals surface area contributed by atoms with Crippen LogP contribution in [0, 0.1) is 13.8 Å². The highest BCUT2D eigenvalue weighted by Crippen LogP contribution is 2.15. The predicted molar refractivity (Wildman–Crippen MR) is 131 cm³/mol. The van der Waals surface area contributed by atoms with Crippen LogP contribution in [0.3, 0.4) is 0 Å². The SMILES string of the molecule is [CH2]CCC=CCCCCCCCCCCCCCCCCCCCCCC[CH2]. The van der Waals surface area contributed by atoms with Gasteiger partial charge in [0.25, 0.3) is 0 Å². The summed E-state index contributed by atoms with van der Waals surface area (Å²) in [6.45, 7) is 7.77. The maximum Gasteiger partial charge on any atom is -0.0351 e. The van der Waals surface area contributed by atoms with Crippen molar-refractivity contribution < 1.29 is 0 Å². The molecular formula is C28H54. The van der Waals surface area contributed by atoms with E-state index >= 15 is 0 Å². The van der Waals surface area contributed by atoms with Gasteiger partial charge in [-0.25, -0.2) is 0 Å². The lowest BCUT2D eigenvalue weighted by Gasteiger charge is -2.04. The highest BCUT2D eigenvalue weighted by atomic mass is 14.0. The zero-order chi connectivity index (χ0) is 20.4. The molecule has 0 aromatic heterocycles. The van der Waals surface area contributed by atoms with Crippen molar-refractivity contribution in [3.63, 3.8) is 0 Å². The van der Waals surface area contributed by atoms with Crippen molar-refractivity contribution >= 4 is 0 Å². The van der Waals surface area contributed by atoms with Crippen LogP contribution in [0.1, 0.15) is 154 Å². The second kappa shape index (κ2) is 26.7. The minimum absolute atomic E-state index is 1.04. The van der Waals surface area contributed by atoms with Crippen molar-refractivity contribution in [3.05, 3.63) is 26.0 Å². The average molecular weight is 391 g/mol. The summed E-state index contributed by atoms with van der Waals surface area (Å²) in [5.41, 5.74) is 0. The molecule has 0 amide bonds. The summed E-state index contributed by atoms with van der Waals surface area (Å²) >= 11 is 0. The first-order valence-electron chi connectivity index (χ1n) is 13.1. The van der Waals surface area contributed by atoms with Crippen LogP contribution in [0.2, 0.25) is 0 Å². The molecule has 0 aromatic carbocycles. The molecule has 0 atom stereocenters. The van der Waals surface area contributed by atoms with E-state index in [2.05, 4.69) is 26.0 Å². The first kappa shape index (κ1) is 27.7. The third kappa shape index (κ3) is 25.7. The lowest BCUT2D eigenvalue weighted by atomic mass is 10.0. The smallest absolute Gasteiger partial charge is 0.0351 e. The first-order valence-corrected chi connectivity index (χ1v) is 13.1. The summed E-state index contributed by atoms with van der Waals surface area (Å²) in [4.78, 5) is 0. The molecule has 0 rings (SSSR count). The average Bonchev–Trinajstić information content (AvgIpc) is 2.71. The molecule has 0 unspecified atom stereocenters. The van der Waals surface area contributed by atoms with Gasteiger partial charge < -0.3 is 0 Å². The van der Waals surface area contributed by atoms with E-state index in [1.165, 1.54) is 135 Å². The van der Waals surface area contributed by atoms with E-state index in [1.54, 1.807) is 0 Å². The fourth-order valence-corrected chi connectivity index (χ4v) is 3.97. The third-order valence-corrected chi connectivity index (χ3v) is 5.91. The van der Waals surface area contributed by atoms with Crippen LogP contribution < -0.4 is 0 Å². The summed E-state index contributed by atoms with van der Waals surface area (Å²) in [6.07, 6.45) is 38.2. The van der Waals surface area contributed by atoms with Gasteiger partial charge in [-0.2, -0.15) is 0 Å². The molecule has 0 saturated carbocycles. The van der Waals surface area contributed by atoms with E-state index < -0.39 is 0 Å². The van der Waals surface area contributed by atoms with Gasteiger partial charge >= 0.3 is 0 Å². The fourth-order valence-electron chi connectivity index (χ4n) is 3.97. The van der Waals surface area contributed by atoms with E-state index in [0.717, 1.165) is 19.3 Å². The van der Waals surface area contributed by atoms with Crippen LogP contribution >= 0.6 is 0 Å². The van der Waals surface area contributed by atoms with Gasteiger partial charge in [0.2, 0.25) is 0 Å². The van der Waals surface area contributed by atoms with E-state index in [1.807, 2.05) is 0 Å². The van der Waals surface area contributed by atoms with Crippen LogP contribution in [-0.2, 0) is 0 Å². The highest BCUT2D eigenvalue weighted by Gasteiger charge is 1.95. The van der Waals surface area contributed by atoms with Crippen LogP contribution in [0.15, 0.2) is 12.2 Å². The minimum Gasteiger partial charge on any atom is -0.0885 e. The van der Waals surface area contributed by atoms with Crippen molar-refractivity contribution in [2.24, 2.45) is 0 Å². The summed E-state index contributed by atoms with van der Waals surface area (Å²) < 4.78 is 0. The Bertz CT molecular complexity index is 278. The molecule has 0 fully saturated rings. The molecule has 0 N–H and O–H groups in total. The molecule has 0 nitrogen and oxygen atoms in total. The van der Waals surface area contributed by atoms with Crippen LogP contribution in [0.5, 0.6) is 0 Å². The van der Waals surface area contributed by atoms with Crippen molar-refractivity contribution in [1.82, 2.24) is 0 Å². The Balaban J connectivity index is 2.99. The summed E-state index contributed by atoms with van der Waals surface area (Å²) in [5, 5.41) is 0. The molecule has 0 aliphatic carbocycles. The molecule has 0 heterocycles. The molecule has 2 radical (unpaired) electrons. The lowest BCUT2D eigenvalue weighted by Crippen LogP contribution is -1.84. The fraction of sp³-hybridized carbons (Fsp3) is 0.857. The van der Waals surface area contributed by atoms with Gasteiger partial charge in [-0.05, 0) is 25.7 Å². The quantitative estimate of drug-likeness (QED) is 0.113. The zero-order valence-corrected chi connectivity index (χ0v) is 19.5. The third-order valence-electron chi connectivity index (χ3n) is 5.91. The maximum atomic E-state index is 3.91. The molecule has 0 aliphatic rings. The van der Waals surface area contributed by atoms with Gasteiger partial charge in [-0.3, -0.25) is 0 Å². The number of hydrogen-bond donors (Lipinski definition) is 0. The molecule has 0 aromatic rings. The Labute approximate surface area is 180 Å².